The largest absolute Gasteiger partial charge is 0.306 e. The van der Waals surface area contributed by atoms with Crippen molar-refractivity contribution in [3.8, 4) is 0 Å². The van der Waals surface area contributed by atoms with Crippen molar-refractivity contribution in [3.05, 3.63) is 30.1 Å². The van der Waals surface area contributed by atoms with Crippen LogP contribution in [-0.4, -0.2) is 15.8 Å². The Morgan fingerprint density at radius 3 is 3.00 bits per heavy atom. The summed E-state index contributed by atoms with van der Waals surface area (Å²) in [6.07, 6.45) is 10.0. The van der Waals surface area contributed by atoms with E-state index in [2.05, 4.69) is 35.6 Å². The Kier molecular flexibility index (Phi) is 3.21. The van der Waals surface area contributed by atoms with E-state index in [4.69, 9.17) is 0 Å². The average Bonchev–Trinajstić information content (AvgIpc) is 2.66. The molecular weight excluding hydrogens is 186 g/mol. The molecule has 15 heavy (non-hydrogen) atoms. The highest BCUT2D eigenvalue weighted by molar-refractivity contribution is 5.06. The maximum absolute atomic E-state index is 4.19. The lowest BCUT2D eigenvalue weighted by Gasteiger charge is -2.24. The van der Waals surface area contributed by atoms with Crippen molar-refractivity contribution in [3.63, 3.8) is 0 Å². The summed E-state index contributed by atoms with van der Waals surface area (Å²) in [5, 5.41) is 7.84. The maximum Gasteiger partial charge on any atom is 0.0547 e. The van der Waals surface area contributed by atoms with Crippen LogP contribution >= 0.6 is 0 Å². The van der Waals surface area contributed by atoms with Gasteiger partial charge in [-0.25, -0.2) is 0 Å². The molecule has 82 valence electrons. The first kappa shape index (κ1) is 10.4. The number of hydrogen-bond acceptors (Lipinski definition) is 2. The first-order valence-electron chi connectivity index (χ1n) is 5.66. The molecule has 2 atom stereocenters. The average molecular weight is 205 g/mol. The van der Waals surface area contributed by atoms with E-state index in [1.807, 2.05) is 17.9 Å². The fourth-order valence-electron chi connectivity index (χ4n) is 2.19. The Bertz CT molecular complexity index is 340. The van der Waals surface area contributed by atoms with Crippen molar-refractivity contribution >= 4 is 0 Å². The van der Waals surface area contributed by atoms with Crippen LogP contribution in [0.3, 0.4) is 0 Å². The van der Waals surface area contributed by atoms with Crippen LogP contribution in [-0.2, 0) is 7.05 Å². The summed E-state index contributed by atoms with van der Waals surface area (Å²) in [5.41, 5.74) is 1.25. The van der Waals surface area contributed by atoms with E-state index in [9.17, 15) is 0 Å². The first-order chi connectivity index (χ1) is 7.27. The van der Waals surface area contributed by atoms with E-state index in [0.717, 1.165) is 6.42 Å². The smallest absolute Gasteiger partial charge is 0.0547 e. The van der Waals surface area contributed by atoms with Crippen LogP contribution in [0.15, 0.2) is 24.4 Å². The minimum atomic E-state index is 0.383. The summed E-state index contributed by atoms with van der Waals surface area (Å²) in [5.74, 6) is 0. The zero-order valence-corrected chi connectivity index (χ0v) is 9.48. The van der Waals surface area contributed by atoms with Crippen molar-refractivity contribution in [2.75, 3.05) is 0 Å². The second-order valence-electron chi connectivity index (χ2n) is 4.25. The van der Waals surface area contributed by atoms with Crippen molar-refractivity contribution in [1.82, 2.24) is 15.1 Å². The van der Waals surface area contributed by atoms with E-state index in [0.29, 0.717) is 12.1 Å². The molecule has 0 saturated heterocycles. The van der Waals surface area contributed by atoms with Crippen molar-refractivity contribution in [2.45, 2.75) is 38.3 Å². The Morgan fingerprint density at radius 1 is 1.53 bits per heavy atom. The fourth-order valence-corrected chi connectivity index (χ4v) is 2.19. The summed E-state index contributed by atoms with van der Waals surface area (Å²) >= 11 is 0. The predicted molar refractivity (Wildman–Crippen MR) is 61.5 cm³/mol. The third-order valence-electron chi connectivity index (χ3n) is 3.06. The molecule has 0 aromatic carbocycles. The lowest BCUT2D eigenvalue weighted by Crippen LogP contribution is -2.32. The molecule has 2 rings (SSSR count). The number of allylic oxidation sites excluding steroid dienone is 1. The summed E-state index contributed by atoms with van der Waals surface area (Å²) in [6.45, 7) is 2.20. The van der Waals surface area contributed by atoms with Gasteiger partial charge in [0.25, 0.3) is 0 Å². The highest BCUT2D eigenvalue weighted by atomic mass is 15.3. The molecular formula is C12H19N3. The molecule has 1 aromatic heterocycles. The van der Waals surface area contributed by atoms with Gasteiger partial charge in [0.05, 0.1) is 5.69 Å². The molecule has 1 aliphatic carbocycles. The zero-order valence-electron chi connectivity index (χ0n) is 9.48. The van der Waals surface area contributed by atoms with Gasteiger partial charge < -0.3 is 5.32 Å². The summed E-state index contributed by atoms with van der Waals surface area (Å²) in [7, 11) is 1.99. The zero-order chi connectivity index (χ0) is 10.7. The molecule has 3 heteroatoms. The summed E-state index contributed by atoms with van der Waals surface area (Å²) in [4.78, 5) is 0. The Morgan fingerprint density at radius 2 is 2.40 bits per heavy atom. The van der Waals surface area contributed by atoms with Gasteiger partial charge in [0.2, 0.25) is 0 Å². The van der Waals surface area contributed by atoms with Crippen molar-refractivity contribution in [1.29, 1.82) is 0 Å². The maximum atomic E-state index is 4.19. The van der Waals surface area contributed by atoms with E-state index < -0.39 is 0 Å². The van der Waals surface area contributed by atoms with Crippen molar-refractivity contribution in [2.24, 2.45) is 7.05 Å². The van der Waals surface area contributed by atoms with E-state index >= 15 is 0 Å². The fraction of sp³-hybridized carbons (Fsp3) is 0.583. The number of hydrogen-bond donors (Lipinski definition) is 1. The highest BCUT2D eigenvalue weighted by Gasteiger charge is 2.15. The predicted octanol–water partition coefficient (Wildman–Crippen LogP) is 2.18. The minimum absolute atomic E-state index is 0.383. The Labute approximate surface area is 91.2 Å². The number of nitrogens with zero attached hydrogens (tertiary/aromatic N) is 2. The van der Waals surface area contributed by atoms with E-state index in [1.165, 1.54) is 18.5 Å². The number of aromatic nitrogens is 2. The third kappa shape index (κ3) is 2.48. The van der Waals surface area contributed by atoms with E-state index in [-0.39, 0.29) is 0 Å². The molecule has 0 amide bonds. The topological polar surface area (TPSA) is 29.9 Å². The SMILES string of the molecule is CC(NC1CC=CCC1)c1ccnn1C. The van der Waals surface area contributed by atoms with Crippen molar-refractivity contribution < 1.29 is 0 Å². The first-order valence-corrected chi connectivity index (χ1v) is 5.66. The van der Waals surface area contributed by atoms with Crippen LogP contribution in [0.25, 0.3) is 0 Å². The van der Waals surface area contributed by atoms with Gasteiger partial charge in [0, 0.05) is 25.3 Å². The van der Waals surface area contributed by atoms with Crippen LogP contribution in [0.2, 0.25) is 0 Å². The van der Waals surface area contributed by atoms with Gasteiger partial charge in [-0.2, -0.15) is 5.10 Å². The summed E-state index contributed by atoms with van der Waals surface area (Å²) in [6, 6.07) is 3.09. The molecule has 0 saturated carbocycles. The molecule has 1 N–H and O–H groups in total. The van der Waals surface area contributed by atoms with Gasteiger partial charge in [-0.05, 0) is 32.3 Å². The quantitative estimate of drug-likeness (QED) is 0.766. The van der Waals surface area contributed by atoms with Gasteiger partial charge >= 0.3 is 0 Å². The third-order valence-corrected chi connectivity index (χ3v) is 3.06. The molecule has 0 aliphatic heterocycles. The van der Waals surface area contributed by atoms with Gasteiger partial charge in [-0.1, -0.05) is 12.2 Å². The monoisotopic (exact) mass is 205 g/mol. The van der Waals surface area contributed by atoms with Crippen LogP contribution in [0.1, 0.15) is 37.9 Å². The van der Waals surface area contributed by atoms with Gasteiger partial charge in [0.1, 0.15) is 0 Å². The lowest BCUT2D eigenvalue weighted by atomic mass is 10.0. The van der Waals surface area contributed by atoms with Gasteiger partial charge in [-0.15, -0.1) is 0 Å². The van der Waals surface area contributed by atoms with E-state index in [1.54, 1.807) is 0 Å². The van der Waals surface area contributed by atoms with Crippen LogP contribution in [0.5, 0.6) is 0 Å². The highest BCUT2D eigenvalue weighted by Crippen LogP contribution is 2.17. The molecule has 1 aliphatic rings. The number of rotatable bonds is 3. The molecule has 1 heterocycles. The number of nitrogens with one attached hydrogen (secondary N) is 1. The Hall–Kier alpha value is -1.09. The van der Waals surface area contributed by atoms with Gasteiger partial charge in [-0.3, -0.25) is 4.68 Å². The van der Waals surface area contributed by atoms with Crippen LogP contribution in [0.4, 0.5) is 0 Å². The Balaban J connectivity index is 1.94. The minimum Gasteiger partial charge on any atom is -0.306 e. The summed E-state index contributed by atoms with van der Waals surface area (Å²) < 4.78 is 1.94. The molecule has 1 aromatic rings. The molecule has 2 unspecified atom stereocenters. The standard InChI is InChI=1S/C12H19N3/c1-10(12-8-9-13-15(12)2)14-11-6-4-3-5-7-11/h3-4,8-11,14H,5-7H2,1-2H3. The normalized spacial score (nSPS) is 22.9. The van der Waals surface area contributed by atoms with Crippen LogP contribution < -0.4 is 5.32 Å². The van der Waals surface area contributed by atoms with Crippen LogP contribution in [0, 0.1) is 0 Å². The lowest BCUT2D eigenvalue weighted by molar-refractivity contribution is 0.412. The molecule has 0 bridgehead atoms. The van der Waals surface area contributed by atoms with Gasteiger partial charge in [0.15, 0.2) is 0 Å². The molecule has 0 fully saturated rings. The second-order valence-corrected chi connectivity index (χ2v) is 4.25. The molecule has 3 nitrogen and oxygen atoms in total. The molecule has 0 spiro atoms. The molecule has 0 radical (unpaired) electrons. The second kappa shape index (κ2) is 4.62. The number of aryl methyl sites for hydroxylation is 1.